The lowest BCUT2D eigenvalue weighted by Gasteiger charge is -2.21. The standard InChI is InChI=1S/C10H21N/c1-10(2)7-4-5-9(11-3)6-8-10/h9,11H,4-8H2,1-3H3. The fourth-order valence-electron chi connectivity index (χ4n) is 1.95. The maximum Gasteiger partial charge on any atom is 0.00642 e. The third kappa shape index (κ3) is 2.82. The number of hydrogen-bond donors (Lipinski definition) is 1. The van der Waals surface area contributed by atoms with E-state index in [1.165, 1.54) is 32.1 Å². The zero-order valence-corrected chi connectivity index (χ0v) is 8.11. The van der Waals surface area contributed by atoms with Gasteiger partial charge in [0.25, 0.3) is 0 Å². The minimum Gasteiger partial charge on any atom is -0.317 e. The third-order valence-electron chi connectivity index (χ3n) is 2.98. The second-order valence-electron chi connectivity index (χ2n) is 4.58. The van der Waals surface area contributed by atoms with Crippen molar-refractivity contribution in [1.82, 2.24) is 5.32 Å². The van der Waals surface area contributed by atoms with Crippen molar-refractivity contribution in [3.63, 3.8) is 0 Å². The molecule has 1 aliphatic carbocycles. The fraction of sp³-hybridized carbons (Fsp3) is 1.00. The molecular formula is C10H21N. The van der Waals surface area contributed by atoms with Crippen LogP contribution in [0.1, 0.15) is 46.0 Å². The van der Waals surface area contributed by atoms with Crippen molar-refractivity contribution < 1.29 is 0 Å². The van der Waals surface area contributed by atoms with Crippen LogP contribution in [0, 0.1) is 5.41 Å². The molecule has 0 aromatic rings. The highest BCUT2D eigenvalue weighted by atomic mass is 14.9. The van der Waals surface area contributed by atoms with Crippen molar-refractivity contribution in [2.75, 3.05) is 7.05 Å². The Balaban J connectivity index is 2.39. The molecule has 0 aromatic heterocycles. The number of nitrogens with one attached hydrogen (secondary N) is 1. The van der Waals surface area contributed by atoms with Gasteiger partial charge in [-0.25, -0.2) is 0 Å². The summed E-state index contributed by atoms with van der Waals surface area (Å²) in [5.41, 5.74) is 0.603. The Bertz CT molecular complexity index is 118. The molecule has 0 aromatic carbocycles. The van der Waals surface area contributed by atoms with Crippen molar-refractivity contribution >= 4 is 0 Å². The summed E-state index contributed by atoms with van der Waals surface area (Å²) < 4.78 is 0. The van der Waals surface area contributed by atoms with Crippen LogP contribution in [0.3, 0.4) is 0 Å². The highest BCUT2D eigenvalue weighted by Crippen LogP contribution is 2.33. The Morgan fingerprint density at radius 2 is 1.91 bits per heavy atom. The summed E-state index contributed by atoms with van der Waals surface area (Å²) >= 11 is 0. The third-order valence-corrected chi connectivity index (χ3v) is 2.98. The van der Waals surface area contributed by atoms with Gasteiger partial charge in [-0.2, -0.15) is 0 Å². The molecule has 1 rings (SSSR count). The lowest BCUT2D eigenvalue weighted by Crippen LogP contribution is -2.24. The zero-order chi connectivity index (χ0) is 8.32. The van der Waals surface area contributed by atoms with Crippen molar-refractivity contribution in [2.45, 2.75) is 52.0 Å². The first-order valence-corrected chi connectivity index (χ1v) is 4.81. The van der Waals surface area contributed by atoms with E-state index in [1.54, 1.807) is 0 Å². The van der Waals surface area contributed by atoms with Crippen LogP contribution in [-0.4, -0.2) is 13.1 Å². The van der Waals surface area contributed by atoms with Gasteiger partial charge in [-0.1, -0.05) is 20.3 Å². The predicted octanol–water partition coefficient (Wildman–Crippen LogP) is 2.56. The zero-order valence-electron chi connectivity index (χ0n) is 8.11. The summed E-state index contributed by atoms with van der Waals surface area (Å²) in [6.07, 6.45) is 6.94. The maximum absolute atomic E-state index is 3.38. The predicted molar refractivity (Wildman–Crippen MR) is 49.7 cm³/mol. The van der Waals surface area contributed by atoms with E-state index in [2.05, 4.69) is 26.2 Å². The van der Waals surface area contributed by atoms with Crippen LogP contribution in [0.25, 0.3) is 0 Å². The quantitative estimate of drug-likeness (QED) is 0.574. The van der Waals surface area contributed by atoms with Crippen LogP contribution < -0.4 is 5.32 Å². The lowest BCUT2D eigenvalue weighted by atomic mass is 9.85. The summed E-state index contributed by atoms with van der Waals surface area (Å²) in [6, 6.07) is 0.789. The van der Waals surface area contributed by atoms with Crippen LogP contribution >= 0.6 is 0 Å². The Morgan fingerprint density at radius 3 is 2.55 bits per heavy atom. The highest BCUT2D eigenvalue weighted by molar-refractivity contribution is 4.78. The van der Waals surface area contributed by atoms with E-state index in [9.17, 15) is 0 Å². The molecule has 0 bridgehead atoms. The molecule has 1 heteroatoms. The molecule has 1 aliphatic rings. The van der Waals surface area contributed by atoms with E-state index in [1.807, 2.05) is 0 Å². The monoisotopic (exact) mass is 155 g/mol. The first-order chi connectivity index (χ1) is 5.14. The molecule has 1 N–H and O–H groups in total. The minimum atomic E-state index is 0.603. The molecule has 1 saturated carbocycles. The van der Waals surface area contributed by atoms with Gasteiger partial charge in [-0.3, -0.25) is 0 Å². The van der Waals surface area contributed by atoms with Gasteiger partial charge in [-0.15, -0.1) is 0 Å². The van der Waals surface area contributed by atoms with Gasteiger partial charge >= 0.3 is 0 Å². The first-order valence-electron chi connectivity index (χ1n) is 4.81. The molecule has 0 saturated heterocycles. The van der Waals surface area contributed by atoms with Crippen LogP contribution in [-0.2, 0) is 0 Å². The molecule has 0 spiro atoms. The smallest absolute Gasteiger partial charge is 0.00642 e. The Morgan fingerprint density at radius 1 is 1.18 bits per heavy atom. The Labute approximate surface area is 70.6 Å². The van der Waals surface area contributed by atoms with Crippen molar-refractivity contribution in [3.05, 3.63) is 0 Å². The average molecular weight is 155 g/mol. The normalized spacial score (nSPS) is 31.4. The van der Waals surface area contributed by atoms with E-state index >= 15 is 0 Å². The van der Waals surface area contributed by atoms with Crippen LogP contribution in [0.15, 0.2) is 0 Å². The summed E-state index contributed by atoms with van der Waals surface area (Å²) in [6.45, 7) is 4.79. The summed E-state index contributed by atoms with van der Waals surface area (Å²) in [7, 11) is 2.09. The molecule has 1 unspecified atom stereocenters. The minimum absolute atomic E-state index is 0.603. The molecule has 0 amide bonds. The maximum atomic E-state index is 3.38. The van der Waals surface area contributed by atoms with Crippen molar-refractivity contribution in [2.24, 2.45) is 5.41 Å². The van der Waals surface area contributed by atoms with E-state index in [4.69, 9.17) is 0 Å². The molecule has 0 heterocycles. The molecule has 0 radical (unpaired) electrons. The van der Waals surface area contributed by atoms with Gasteiger partial charge in [0, 0.05) is 6.04 Å². The summed E-state index contributed by atoms with van der Waals surface area (Å²) in [4.78, 5) is 0. The molecule has 0 aliphatic heterocycles. The first kappa shape index (κ1) is 9.05. The van der Waals surface area contributed by atoms with Crippen LogP contribution in [0.2, 0.25) is 0 Å². The number of rotatable bonds is 1. The average Bonchev–Trinajstić information content (AvgIpc) is 2.10. The van der Waals surface area contributed by atoms with Gasteiger partial charge in [0.1, 0.15) is 0 Å². The van der Waals surface area contributed by atoms with Crippen LogP contribution in [0.4, 0.5) is 0 Å². The van der Waals surface area contributed by atoms with Gasteiger partial charge in [0.05, 0.1) is 0 Å². The van der Waals surface area contributed by atoms with Crippen molar-refractivity contribution in [3.8, 4) is 0 Å². The lowest BCUT2D eigenvalue weighted by molar-refractivity contribution is 0.311. The number of hydrogen-bond acceptors (Lipinski definition) is 1. The second kappa shape index (κ2) is 3.57. The van der Waals surface area contributed by atoms with E-state index in [0.29, 0.717) is 5.41 Å². The van der Waals surface area contributed by atoms with Crippen molar-refractivity contribution in [1.29, 1.82) is 0 Å². The Kier molecular flexibility index (Phi) is 2.94. The van der Waals surface area contributed by atoms with E-state index in [-0.39, 0.29) is 0 Å². The van der Waals surface area contributed by atoms with Gasteiger partial charge in [0.2, 0.25) is 0 Å². The SMILES string of the molecule is CNC1CCCC(C)(C)CC1. The largest absolute Gasteiger partial charge is 0.317 e. The molecule has 1 nitrogen and oxygen atoms in total. The molecule has 1 fully saturated rings. The van der Waals surface area contributed by atoms with Crippen LogP contribution in [0.5, 0.6) is 0 Å². The van der Waals surface area contributed by atoms with Gasteiger partial charge in [-0.05, 0) is 38.1 Å². The molecule has 66 valence electrons. The second-order valence-corrected chi connectivity index (χ2v) is 4.58. The summed E-state index contributed by atoms with van der Waals surface area (Å²) in [5, 5.41) is 3.38. The molecule has 1 atom stereocenters. The van der Waals surface area contributed by atoms with Gasteiger partial charge < -0.3 is 5.32 Å². The fourth-order valence-corrected chi connectivity index (χ4v) is 1.95. The van der Waals surface area contributed by atoms with E-state index < -0.39 is 0 Å². The molecule has 11 heavy (non-hydrogen) atoms. The topological polar surface area (TPSA) is 12.0 Å². The summed E-state index contributed by atoms with van der Waals surface area (Å²) in [5.74, 6) is 0. The van der Waals surface area contributed by atoms with E-state index in [0.717, 1.165) is 6.04 Å². The van der Waals surface area contributed by atoms with Gasteiger partial charge in [0.15, 0.2) is 0 Å². The molecular weight excluding hydrogens is 134 g/mol. The Hall–Kier alpha value is -0.0400. The highest BCUT2D eigenvalue weighted by Gasteiger charge is 2.23.